The number of fused-ring (bicyclic) bond motifs is 1. The molecular weight excluding hydrogens is 358 g/mol. The van der Waals surface area contributed by atoms with Crippen LogP contribution in [-0.4, -0.2) is 57.0 Å². The van der Waals surface area contributed by atoms with Gasteiger partial charge in [-0.05, 0) is 29.8 Å². The van der Waals surface area contributed by atoms with E-state index >= 15 is 0 Å². The van der Waals surface area contributed by atoms with Crippen LogP contribution in [0.15, 0.2) is 47.1 Å². The van der Waals surface area contributed by atoms with Gasteiger partial charge < -0.3 is 28.7 Å². The minimum atomic E-state index is -0.0815. The molecule has 1 aliphatic rings. The van der Waals surface area contributed by atoms with Crippen molar-refractivity contribution < 1.29 is 23.6 Å². The van der Waals surface area contributed by atoms with Gasteiger partial charge in [0.25, 0.3) is 5.91 Å². The number of carbonyl (C=O) groups is 1. The van der Waals surface area contributed by atoms with Crippen LogP contribution in [0.2, 0.25) is 0 Å². The second-order valence-electron chi connectivity index (χ2n) is 7.02. The lowest BCUT2D eigenvalue weighted by Crippen LogP contribution is -3.14. The number of aromatic nitrogens is 1. The average molecular weight is 384 g/mol. The monoisotopic (exact) mass is 384 g/mol. The highest BCUT2D eigenvalue weighted by molar-refractivity contribution is 5.97. The second-order valence-corrected chi connectivity index (χ2v) is 7.02. The Bertz CT molecular complexity index is 940. The van der Waals surface area contributed by atoms with Crippen molar-refractivity contribution in [2.24, 2.45) is 0 Å². The summed E-state index contributed by atoms with van der Waals surface area (Å²) in [6.45, 7) is 5.66. The number of hydrogen-bond acceptors (Lipinski definition) is 4. The first-order chi connectivity index (χ1) is 13.7. The molecule has 28 heavy (non-hydrogen) atoms. The van der Waals surface area contributed by atoms with E-state index in [1.165, 1.54) is 4.90 Å². The van der Waals surface area contributed by atoms with Crippen molar-refractivity contribution in [1.29, 1.82) is 0 Å². The predicted octanol–water partition coefficient (Wildman–Crippen LogP) is 0.936. The molecule has 1 aromatic carbocycles. The maximum absolute atomic E-state index is 12.9. The van der Waals surface area contributed by atoms with Crippen molar-refractivity contribution in [3.8, 4) is 5.75 Å². The molecule has 0 radical (unpaired) electrons. The minimum Gasteiger partial charge on any atom is -0.497 e. The SMILES string of the molecule is COc1cccc(Cn2c(C(=O)NCC[NH+]3CCOCC3)cc3ccoc32)c1. The van der Waals surface area contributed by atoms with E-state index in [4.69, 9.17) is 13.9 Å². The van der Waals surface area contributed by atoms with Crippen LogP contribution < -0.4 is 15.0 Å². The summed E-state index contributed by atoms with van der Waals surface area (Å²) in [5.74, 6) is 0.710. The summed E-state index contributed by atoms with van der Waals surface area (Å²) in [7, 11) is 1.65. The minimum absolute atomic E-state index is 0.0815. The third-order valence-corrected chi connectivity index (χ3v) is 5.17. The van der Waals surface area contributed by atoms with Crippen molar-refractivity contribution >= 4 is 17.0 Å². The van der Waals surface area contributed by atoms with E-state index in [-0.39, 0.29) is 5.91 Å². The summed E-state index contributed by atoms with van der Waals surface area (Å²) in [5, 5.41) is 3.98. The molecule has 0 saturated carbocycles. The summed E-state index contributed by atoms with van der Waals surface area (Å²) >= 11 is 0. The molecule has 3 heterocycles. The maximum atomic E-state index is 12.9. The number of benzene rings is 1. The summed E-state index contributed by atoms with van der Waals surface area (Å²) in [4.78, 5) is 14.3. The Morgan fingerprint density at radius 2 is 2.11 bits per heavy atom. The molecule has 1 aliphatic heterocycles. The van der Waals surface area contributed by atoms with Crippen LogP contribution in [0.1, 0.15) is 16.1 Å². The molecule has 1 fully saturated rings. The molecule has 2 N–H and O–H groups in total. The van der Waals surface area contributed by atoms with Crippen molar-refractivity contribution in [1.82, 2.24) is 9.88 Å². The fraction of sp³-hybridized carbons (Fsp3) is 0.381. The van der Waals surface area contributed by atoms with Crippen molar-refractivity contribution in [2.45, 2.75) is 6.54 Å². The number of amides is 1. The van der Waals surface area contributed by atoms with Crippen molar-refractivity contribution in [3.05, 3.63) is 53.9 Å². The normalized spacial score (nSPS) is 15.0. The number of nitrogens with one attached hydrogen (secondary N) is 2. The molecule has 0 atom stereocenters. The molecule has 0 spiro atoms. The Hall–Kier alpha value is -2.77. The van der Waals surface area contributed by atoms with Crippen molar-refractivity contribution in [2.75, 3.05) is 46.5 Å². The number of methoxy groups -OCH3 is 1. The Labute approximate surface area is 163 Å². The number of ether oxygens (including phenoxy) is 2. The van der Waals surface area contributed by atoms with E-state index in [0.29, 0.717) is 24.5 Å². The van der Waals surface area contributed by atoms with Gasteiger partial charge >= 0.3 is 0 Å². The number of morpholine rings is 1. The van der Waals surface area contributed by atoms with Crippen LogP contribution in [-0.2, 0) is 11.3 Å². The molecule has 1 amide bonds. The van der Waals surface area contributed by atoms with Gasteiger partial charge in [0.05, 0.1) is 46.2 Å². The Kier molecular flexibility index (Phi) is 5.64. The van der Waals surface area contributed by atoms with Gasteiger partial charge in [-0.25, -0.2) is 0 Å². The Morgan fingerprint density at radius 3 is 2.93 bits per heavy atom. The van der Waals surface area contributed by atoms with Gasteiger partial charge in [-0.2, -0.15) is 0 Å². The Morgan fingerprint density at radius 1 is 1.25 bits per heavy atom. The fourth-order valence-corrected chi connectivity index (χ4v) is 3.63. The maximum Gasteiger partial charge on any atom is 0.268 e. The molecule has 148 valence electrons. The second kappa shape index (κ2) is 8.50. The van der Waals surface area contributed by atoms with Gasteiger partial charge in [0.15, 0.2) is 0 Å². The number of hydrogen-bond donors (Lipinski definition) is 2. The van der Waals surface area contributed by atoms with Gasteiger partial charge in [-0.15, -0.1) is 0 Å². The molecule has 4 rings (SSSR count). The van der Waals surface area contributed by atoms with Crippen molar-refractivity contribution in [3.63, 3.8) is 0 Å². The topological polar surface area (TPSA) is 70.1 Å². The molecule has 0 aliphatic carbocycles. The van der Waals surface area contributed by atoms with Gasteiger partial charge in [0.2, 0.25) is 5.71 Å². The number of rotatable bonds is 7. The summed E-state index contributed by atoms with van der Waals surface area (Å²) < 4.78 is 18.3. The first kappa shape index (κ1) is 18.6. The highest BCUT2D eigenvalue weighted by Gasteiger charge is 2.19. The molecule has 7 nitrogen and oxygen atoms in total. The smallest absolute Gasteiger partial charge is 0.268 e. The number of nitrogens with zero attached hydrogens (tertiary/aromatic N) is 1. The number of quaternary nitrogens is 1. The van der Waals surface area contributed by atoms with Gasteiger partial charge in [0, 0.05) is 5.39 Å². The summed E-state index contributed by atoms with van der Waals surface area (Å²) in [6.07, 6.45) is 1.65. The van der Waals surface area contributed by atoms with E-state index < -0.39 is 0 Å². The van der Waals surface area contributed by atoms with Crippen LogP contribution in [0.4, 0.5) is 0 Å². The Balaban J connectivity index is 1.49. The zero-order chi connectivity index (χ0) is 19.3. The van der Waals surface area contributed by atoms with Gasteiger partial charge in [-0.3, -0.25) is 4.79 Å². The lowest BCUT2D eigenvalue weighted by atomic mass is 10.2. The standard InChI is InChI=1S/C21H25N3O4/c1-26-18-4-2-3-16(13-18)15-24-19(14-17-5-10-28-21(17)24)20(25)22-6-7-23-8-11-27-12-9-23/h2-5,10,13-14H,6-9,11-12,15H2,1H3,(H,22,25)/p+1. The molecule has 0 bridgehead atoms. The third kappa shape index (κ3) is 4.05. The first-order valence-electron chi connectivity index (χ1n) is 9.64. The average Bonchev–Trinajstić information content (AvgIpc) is 3.32. The molecule has 2 aromatic heterocycles. The zero-order valence-electron chi connectivity index (χ0n) is 16.1. The van der Waals surface area contributed by atoms with E-state index in [0.717, 1.165) is 49.5 Å². The molecule has 3 aromatic rings. The summed E-state index contributed by atoms with van der Waals surface area (Å²) in [5.41, 5.74) is 2.35. The number of furan rings is 1. The van der Waals surface area contributed by atoms with E-state index in [9.17, 15) is 4.79 Å². The van der Waals surface area contributed by atoms with Crippen LogP contribution in [0.25, 0.3) is 11.1 Å². The highest BCUT2D eigenvalue weighted by atomic mass is 16.5. The van der Waals surface area contributed by atoms with Crippen LogP contribution >= 0.6 is 0 Å². The lowest BCUT2D eigenvalue weighted by Gasteiger charge is -2.23. The first-order valence-corrected chi connectivity index (χ1v) is 9.64. The van der Waals surface area contributed by atoms with Crippen LogP contribution in [0.3, 0.4) is 0 Å². The predicted molar refractivity (Wildman–Crippen MR) is 105 cm³/mol. The van der Waals surface area contributed by atoms with E-state index in [1.807, 2.05) is 41.0 Å². The third-order valence-electron chi connectivity index (χ3n) is 5.17. The zero-order valence-corrected chi connectivity index (χ0v) is 16.1. The highest BCUT2D eigenvalue weighted by Crippen LogP contribution is 2.23. The lowest BCUT2D eigenvalue weighted by molar-refractivity contribution is -0.906. The molecule has 7 heteroatoms. The quantitative estimate of drug-likeness (QED) is 0.636. The summed E-state index contributed by atoms with van der Waals surface area (Å²) in [6, 6.07) is 11.6. The number of carbonyl (C=O) groups excluding carboxylic acids is 1. The van der Waals surface area contributed by atoms with Gasteiger partial charge in [-0.1, -0.05) is 12.1 Å². The molecule has 1 saturated heterocycles. The van der Waals surface area contributed by atoms with Crippen LogP contribution in [0.5, 0.6) is 5.75 Å². The fourth-order valence-electron chi connectivity index (χ4n) is 3.63. The largest absolute Gasteiger partial charge is 0.497 e. The van der Waals surface area contributed by atoms with E-state index in [2.05, 4.69) is 5.32 Å². The van der Waals surface area contributed by atoms with Gasteiger partial charge in [0.1, 0.15) is 24.5 Å². The van der Waals surface area contributed by atoms with Crippen LogP contribution in [0, 0.1) is 0 Å². The van der Waals surface area contributed by atoms with E-state index in [1.54, 1.807) is 13.4 Å². The molecule has 0 unspecified atom stereocenters. The molecular formula is C21H26N3O4+.